The van der Waals surface area contributed by atoms with Crippen molar-refractivity contribution in [2.75, 3.05) is 20.8 Å². The van der Waals surface area contributed by atoms with Gasteiger partial charge < -0.3 is 62.7 Å². The zero-order valence-corrected chi connectivity index (χ0v) is 38.5. The average Bonchev–Trinajstić information content (AvgIpc) is 3.58. The lowest BCUT2D eigenvalue weighted by Gasteiger charge is -2.51. The van der Waals surface area contributed by atoms with E-state index < -0.39 is 90.8 Å². The fourth-order valence-electron chi connectivity index (χ4n) is 11.0. The summed E-state index contributed by atoms with van der Waals surface area (Å²) in [7, 11) is 3.23. The maximum atomic E-state index is 14.4. The van der Waals surface area contributed by atoms with Gasteiger partial charge in [0.1, 0.15) is 42.0 Å². The topological polar surface area (TPSA) is 170 Å². The predicted molar refractivity (Wildman–Crippen MR) is 227 cm³/mol. The Hall–Kier alpha value is -2.05. The second-order valence-corrected chi connectivity index (χ2v) is 19.4. The smallest absolute Gasteiger partial charge is 0.316 e. The molecule has 2 bridgehead atoms. The molecule has 62 heavy (non-hydrogen) atoms. The van der Waals surface area contributed by atoms with E-state index in [4.69, 9.17) is 47.4 Å². The van der Waals surface area contributed by atoms with Crippen LogP contribution in [0.1, 0.15) is 107 Å². The molecule has 0 saturated carbocycles. The number of allylic oxidation sites excluding steroid dienone is 2. The lowest BCUT2D eigenvalue weighted by atomic mass is 9.71. The van der Waals surface area contributed by atoms with Crippen LogP contribution in [0, 0.1) is 23.7 Å². The fraction of sp³-hybridized carbons (Fsp3) is 0.812. The molecule has 1 spiro atoms. The molecule has 7 rings (SSSR count). The summed E-state index contributed by atoms with van der Waals surface area (Å²) in [5.41, 5.74) is 0.188. The summed E-state index contributed by atoms with van der Waals surface area (Å²) in [6.45, 7) is 16.3. The summed E-state index contributed by atoms with van der Waals surface area (Å²) < 4.78 is 63.9. The van der Waals surface area contributed by atoms with Crippen LogP contribution in [0.5, 0.6) is 0 Å². The molecular formula is C48H74O14. The molecule has 0 radical (unpaired) electrons. The van der Waals surface area contributed by atoms with Crippen molar-refractivity contribution >= 4 is 5.97 Å². The molecule has 0 aromatic carbocycles. The molecule has 5 fully saturated rings. The highest BCUT2D eigenvalue weighted by atomic mass is 16.7. The van der Waals surface area contributed by atoms with Crippen LogP contribution in [0.3, 0.4) is 0 Å². The monoisotopic (exact) mass is 875 g/mol. The van der Waals surface area contributed by atoms with E-state index in [-0.39, 0.29) is 30.8 Å². The number of aliphatic hydroxyl groups is 3. The van der Waals surface area contributed by atoms with Gasteiger partial charge in [-0.15, -0.1) is 0 Å². The highest BCUT2D eigenvalue weighted by Crippen LogP contribution is 2.48. The predicted octanol–water partition coefficient (Wildman–Crippen LogP) is 5.60. The van der Waals surface area contributed by atoms with Crippen molar-refractivity contribution in [3.05, 3.63) is 47.1 Å². The molecule has 20 atom stereocenters. The summed E-state index contributed by atoms with van der Waals surface area (Å²) in [5, 5.41) is 34.2. The third kappa shape index (κ3) is 9.73. The SMILES string of the molecule is CCC(C)[C@H]1O[C@]2(CC[C@@H]1C)C[C@@H]1C[C@@H](C/C=C(\C)C(O[C@H]3C[C@H](OC)C(O[C@H]4C[C@H](OC)[C@@H](O)[C@H](C)O4)[C@H](C)O3)[C@@H](C)/C=C/C=C3\CO[C@@H]4[C@H](O)C(C)=C[C@@H](C(=O)O1)[C@]34O)O2. The molecule has 14 heteroatoms. The third-order valence-corrected chi connectivity index (χ3v) is 14.9. The molecule has 7 aliphatic rings. The minimum atomic E-state index is -1.82. The third-order valence-electron chi connectivity index (χ3n) is 14.9. The molecule has 6 heterocycles. The first kappa shape index (κ1) is 47.9. The molecule has 0 aromatic heterocycles. The second kappa shape index (κ2) is 19.8. The molecule has 3 N–H and O–H groups in total. The van der Waals surface area contributed by atoms with Gasteiger partial charge in [-0.05, 0) is 69.1 Å². The van der Waals surface area contributed by atoms with Crippen LogP contribution < -0.4 is 0 Å². The van der Waals surface area contributed by atoms with Crippen molar-refractivity contribution in [1.82, 2.24) is 0 Å². The van der Waals surface area contributed by atoms with E-state index in [1.165, 1.54) is 0 Å². The van der Waals surface area contributed by atoms with E-state index in [9.17, 15) is 20.1 Å². The lowest BCUT2D eigenvalue weighted by Crippen LogP contribution is -2.58. The van der Waals surface area contributed by atoms with E-state index >= 15 is 0 Å². The van der Waals surface area contributed by atoms with Crippen LogP contribution >= 0.6 is 0 Å². The highest BCUT2D eigenvalue weighted by Gasteiger charge is 2.60. The first-order valence-electron chi connectivity index (χ1n) is 23.2. The number of hydrogen-bond donors (Lipinski definition) is 3. The molecule has 1 aliphatic carbocycles. The van der Waals surface area contributed by atoms with Crippen molar-refractivity contribution in [2.45, 2.75) is 204 Å². The number of fused-ring (bicyclic) bond motifs is 2. The van der Waals surface area contributed by atoms with Crippen LogP contribution in [-0.4, -0.2) is 139 Å². The van der Waals surface area contributed by atoms with Gasteiger partial charge in [0.2, 0.25) is 0 Å². The van der Waals surface area contributed by atoms with Gasteiger partial charge in [-0.2, -0.15) is 0 Å². The molecule has 5 saturated heterocycles. The fourth-order valence-corrected chi connectivity index (χ4v) is 11.0. The van der Waals surface area contributed by atoms with E-state index in [2.05, 4.69) is 40.7 Å². The largest absolute Gasteiger partial charge is 0.462 e. The molecule has 0 aromatic rings. The first-order valence-corrected chi connectivity index (χ1v) is 23.2. The number of rotatable bonds is 8. The van der Waals surface area contributed by atoms with Gasteiger partial charge in [0, 0.05) is 52.2 Å². The van der Waals surface area contributed by atoms with Crippen LogP contribution in [0.25, 0.3) is 0 Å². The number of carbonyl (C=O) groups excluding carboxylic acids is 1. The van der Waals surface area contributed by atoms with Crippen molar-refractivity contribution in [3.63, 3.8) is 0 Å². The van der Waals surface area contributed by atoms with Gasteiger partial charge in [0.15, 0.2) is 18.4 Å². The number of hydrogen-bond acceptors (Lipinski definition) is 14. The van der Waals surface area contributed by atoms with Crippen LogP contribution in [0.15, 0.2) is 47.1 Å². The summed E-state index contributed by atoms with van der Waals surface area (Å²) in [6, 6.07) is 0. The molecule has 6 aliphatic heterocycles. The number of aliphatic hydroxyl groups excluding tert-OH is 2. The van der Waals surface area contributed by atoms with Crippen LogP contribution in [0.2, 0.25) is 0 Å². The molecule has 350 valence electrons. The second-order valence-electron chi connectivity index (χ2n) is 19.4. The number of methoxy groups -OCH3 is 2. The first-order chi connectivity index (χ1) is 29.5. The Morgan fingerprint density at radius 2 is 1.63 bits per heavy atom. The van der Waals surface area contributed by atoms with Gasteiger partial charge in [-0.25, -0.2) is 0 Å². The van der Waals surface area contributed by atoms with Crippen molar-refractivity contribution < 1.29 is 67.5 Å². The Morgan fingerprint density at radius 3 is 2.35 bits per heavy atom. The number of esters is 1. The standard InChI is InChI=1S/C48H74O14/c1-11-25(2)43-28(5)17-18-47(62-43)23-34-20-33(61-47)16-15-27(4)42(26(3)13-12-14-32-24-55-45-40(49)29(6)19-35(46(51)58-34)48(32,45)52)59-39-22-37(54-10)44(31(8)57-39)60-38-21-36(53-9)41(50)30(7)56-38/h12-15,19,25-26,28,30-31,33-45,49-50,52H,11,16-18,20-24H2,1-10H3/b13-12+,27-15+,32-14+/t25?,26-,28-,30-,31-,33+,34-,35-,36-,37-,38-,39-,40+,41-,42?,43+,44?,45+,47+,48+/m0/s1. The Labute approximate surface area is 368 Å². The maximum Gasteiger partial charge on any atom is 0.316 e. The Kier molecular flexibility index (Phi) is 15.3. The minimum absolute atomic E-state index is 0.00708. The Bertz CT molecular complexity index is 1680. The Balaban J connectivity index is 1.18. The molecule has 0 amide bonds. The van der Waals surface area contributed by atoms with Crippen molar-refractivity contribution in [2.24, 2.45) is 23.7 Å². The normalized spacial score (nSPS) is 49.4. The summed E-state index contributed by atoms with van der Waals surface area (Å²) >= 11 is 0. The quantitative estimate of drug-likeness (QED) is 0.204. The number of ether oxygens (including phenoxy) is 10. The van der Waals surface area contributed by atoms with E-state index in [0.717, 1.165) is 18.4 Å². The summed E-state index contributed by atoms with van der Waals surface area (Å²) in [4.78, 5) is 14.4. The summed E-state index contributed by atoms with van der Waals surface area (Å²) in [5.74, 6) is -2.10. The summed E-state index contributed by atoms with van der Waals surface area (Å²) in [6.07, 6.45) is 6.53. The van der Waals surface area contributed by atoms with Gasteiger partial charge in [0.05, 0.1) is 49.3 Å². The molecule has 14 nitrogen and oxygen atoms in total. The van der Waals surface area contributed by atoms with Crippen LogP contribution in [-0.2, 0) is 52.2 Å². The molecule has 3 unspecified atom stereocenters. The molecular weight excluding hydrogens is 801 g/mol. The van der Waals surface area contributed by atoms with Gasteiger partial charge in [-0.3, -0.25) is 4.79 Å². The highest BCUT2D eigenvalue weighted by molar-refractivity contribution is 5.78. The van der Waals surface area contributed by atoms with Gasteiger partial charge in [0.25, 0.3) is 0 Å². The number of carbonyl (C=O) groups is 1. The zero-order valence-electron chi connectivity index (χ0n) is 38.5. The van der Waals surface area contributed by atoms with E-state index in [1.54, 1.807) is 40.2 Å². The van der Waals surface area contributed by atoms with Gasteiger partial charge in [-0.1, -0.05) is 64.5 Å². The minimum Gasteiger partial charge on any atom is -0.462 e. The van der Waals surface area contributed by atoms with Crippen molar-refractivity contribution in [1.29, 1.82) is 0 Å². The maximum absolute atomic E-state index is 14.4. The van der Waals surface area contributed by atoms with E-state index in [0.29, 0.717) is 61.5 Å². The van der Waals surface area contributed by atoms with Gasteiger partial charge >= 0.3 is 5.97 Å². The van der Waals surface area contributed by atoms with E-state index in [1.807, 2.05) is 19.1 Å². The zero-order chi connectivity index (χ0) is 44.7. The van der Waals surface area contributed by atoms with Crippen molar-refractivity contribution in [3.8, 4) is 0 Å². The Morgan fingerprint density at radius 1 is 0.919 bits per heavy atom. The average molecular weight is 875 g/mol. The lowest BCUT2D eigenvalue weighted by molar-refractivity contribution is -0.340. The van der Waals surface area contributed by atoms with Crippen LogP contribution in [0.4, 0.5) is 0 Å².